The number of nitrogens with zero attached hydrogens (tertiary/aromatic N) is 2. The number of halogens is 2. The Morgan fingerprint density at radius 1 is 1.18 bits per heavy atom. The molecule has 0 radical (unpaired) electrons. The summed E-state index contributed by atoms with van der Waals surface area (Å²) in [4.78, 5) is 33.2. The average Bonchev–Trinajstić information content (AvgIpc) is 3.57. The van der Waals surface area contributed by atoms with Crippen molar-refractivity contribution < 1.29 is 18.7 Å². The number of carbonyl (C=O) groups is 1. The quantitative estimate of drug-likeness (QED) is 0.207. The van der Waals surface area contributed by atoms with Gasteiger partial charge in [0.2, 0.25) is 0 Å². The fourth-order valence-electron chi connectivity index (χ4n) is 4.45. The van der Waals surface area contributed by atoms with Crippen molar-refractivity contribution in [3.63, 3.8) is 0 Å². The standard InChI is InChI=1S/C30H26BrFN2O4S2/c1-3-6-22-26(29(36)37-4-2)27(24-7-5-14-39-24)34-28(35)25(40-30(34)33-22)16-19-10-13-23(21(31)15-19)38-17-18-8-11-20(32)12-9-18/h5,7-16,27H,3-4,6,17H2,1-2H3/b25-16-/t27-/m0/s1. The van der Waals surface area contributed by atoms with E-state index in [-0.39, 0.29) is 18.0 Å². The third-order valence-electron chi connectivity index (χ3n) is 6.27. The van der Waals surface area contributed by atoms with E-state index in [1.54, 1.807) is 23.6 Å². The zero-order valence-electron chi connectivity index (χ0n) is 21.9. The van der Waals surface area contributed by atoms with Gasteiger partial charge in [0, 0.05) is 4.88 Å². The van der Waals surface area contributed by atoms with E-state index in [0.29, 0.717) is 39.4 Å². The normalized spacial score (nSPS) is 15.1. The van der Waals surface area contributed by atoms with Crippen molar-refractivity contribution in [1.82, 2.24) is 4.57 Å². The topological polar surface area (TPSA) is 69.9 Å². The SMILES string of the molecule is CCCC1=C(C(=O)OCC)[C@H](c2cccs2)n2c(s/c(=C\c3ccc(OCc4ccc(F)cc4)c(Br)c3)c2=O)=N1. The van der Waals surface area contributed by atoms with Gasteiger partial charge in [0.05, 0.1) is 26.9 Å². The number of carbonyl (C=O) groups excluding carboxylic acids is 1. The fraction of sp³-hybridized carbons (Fsp3) is 0.233. The van der Waals surface area contributed by atoms with Crippen molar-refractivity contribution in [2.45, 2.75) is 39.3 Å². The van der Waals surface area contributed by atoms with Crippen LogP contribution in [0.5, 0.6) is 5.75 Å². The smallest absolute Gasteiger partial charge is 0.338 e. The fourth-order valence-corrected chi connectivity index (χ4v) is 6.81. The highest BCUT2D eigenvalue weighted by Crippen LogP contribution is 2.34. The Hall–Kier alpha value is -3.34. The van der Waals surface area contributed by atoms with Gasteiger partial charge in [0.25, 0.3) is 5.56 Å². The van der Waals surface area contributed by atoms with Crippen molar-refractivity contribution in [1.29, 1.82) is 0 Å². The Kier molecular flexibility index (Phi) is 8.78. The number of hydrogen-bond acceptors (Lipinski definition) is 7. The molecule has 0 fully saturated rings. The Bertz CT molecular complexity index is 1740. The molecular weight excluding hydrogens is 615 g/mol. The molecule has 0 bridgehead atoms. The predicted molar refractivity (Wildman–Crippen MR) is 159 cm³/mol. The molecule has 0 saturated heterocycles. The maximum absolute atomic E-state index is 13.8. The molecule has 10 heteroatoms. The molecule has 2 aromatic carbocycles. The molecule has 0 amide bonds. The molecule has 0 unspecified atom stereocenters. The highest BCUT2D eigenvalue weighted by atomic mass is 79.9. The number of ether oxygens (including phenoxy) is 2. The number of thiophene rings is 1. The Labute approximate surface area is 246 Å². The molecule has 4 aromatic rings. The van der Waals surface area contributed by atoms with Crippen LogP contribution in [-0.2, 0) is 16.1 Å². The summed E-state index contributed by atoms with van der Waals surface area (Å²) in [5, 5.41) is 1.94. The minimum Gasteiger partial charge on any atom is -0.488 e. The molecule has 0 spiro atoms. The molecule has 3 heterocycles. The number of fused-ring (bicyclic) bond motifs is 1. The summed E-state index contributed by atoms with van der Waals surface area (Å²) in [6.45, 7) is 4.33. The van der Waals surface area contributed by atoms with Gasteiger partial charge in [-0.3, -0.25) is 9.36 Å². The van der Waals surface area contributed by atoms with Crippen LogP contribution >= 0.6 is 38.6 Å². The summed E-state index contributed by atoms with van der Waals surface area (Å²) in [6, 6.07) is 15.0. The molecule has 1 aliphatic rings. The third-order valence-corrected chi connectivity index (χ3v) is 8.79. The van der Waals surface area contributed by atoms with Gasteiger partial charge in [-0.2, -0.15) is 0 Å². The van der Waals surface area contributed by atoms with Gasteiger partial charge in [-0.05, 0) is 82.2 Å². The lowest BCUT2D eigenvalue weighted by Gasteiger charge is -2.24. The molecule has 206 valence electrons. The number of hydrogen-bond donors (Lipinski definition) is 0. The number of allylic oxidation sites excluding steroid dienone is 1. The number of esters is 1. The molecule has 1 atom stereocenters. The predicted octanol–water partition coefficient (Wildman–Crippen LogP) is 6.12. The summed E-state index contributed by atoms with van der Waals surface area (Å²) >= 11 is 6.36. The summed E-state index contributed by atoms with van der Waals surface area (Å²) in [5.41, 5.74) is 2.53. The lowest BCUT2D eigenvalue weighted by Crippen LogP contribution is -2.39. The van der Waals surface area contributed by atoms with Crippen molar-refractivity contribution in [3.05, 3.63) is 117 Å². The van der Waals surface area contributed by atoms with E-state index in [0.717, 1.165) is 26.9 Å². The van der Waals surface area contributed by atoms with Gasteiger partial charge in [0.1, 0.15) is 24.2 Å². The van der Waals surface area contributed by atoms with Crippen LogP contribution in [0.4, 0.5) is 4.39 Å². The largest absolute Gasteiger partial charge is 0.488 e. The molecule has 0 N–H and O–H groups in total. The molecule has 0 saturated carbocycles. The summed E-state index contributed by atoms with van der Waals surface area (Å²) < 4.78 is 27.3. The number of benzene rings is 2. The van der Waals surface area contributed by atoms with E-state index < -0.39 is 12.0 Å². The van der Waals surface area contributed by atoms with Gasteiger partial charge in [0.15, 0.2) is 4.80 Å². The second-order valence-electron chi connectivity index (χ2n) is 9.03. The van der Waals surface area contributed by atoms with Crippen LogP contribution in [0.1, 0.15) is 48.7 Å². The van der Waals surface area contributed by atoms with E-state index in [2.05, 4.69) is 15.9 Å². The van der Waals surface area contributed by atoms with Gasteiger partial charge in [-0.15, -0.1) is 11.3 Å². The summed E-state index contributed by atoms with van der Waals surface area (Å²) in [7, 11) is 0. The first-order valence-electron chi connectivity index (χ1n) is 12.8. The first-order chi connectivity index (χ1) is 19.4. The molecular formula is C30H26BrFN2O4S2. The van der Waals surface area contributed by atoms with Crippen LogP contribution in [-0.4, -0.2) is 17.1 Å². The maximum Gasteiger partial charge on any atom is 0.338 e. The van der Waals surface area contributed by atoms with E-state index in [1.807, 2.05) is 48.7 Å². The molecule has 40 heavy (non-hydrogen) atoms. The Morgan fingerprint density at radius 2 is 1.98 bits per heavy atom. The van der Waals surface area contributed by atoms with E-state index in [9.17, 15) is 14.0 Å². The second-order valence-corrected chi connectivity index (χ2v) is 11.9. The molecule has 6 nitrogen and oxygen atoms in total. The monoisotopic (exact) mass is 640 g/mol. The minimum absolute atomic E-state index is 0.216. The molecule has 5 rings (SSSR count). The number of rotatable bonds is 9. The first kappa shape index (κ1) is 28.2. The lowest BCUT2D eigenvalue weighted by molar-refractivity contribution is -0.139. The number of aromatic nitrogens is 1. The van der Waals surface area contributed by atoms with E-state index >= 15 is 0 Å². The third kappa shape index (κ3) is 5.89. The van der Waals surface area contributed by atoms with E-state index in [4.69, 9.17) is 14.5 Å². The first-order valence-corrected chi connectivity index (χ1v) is 15.3. The van der Waals surface area contributed by atoms with Crippen LogP contribution < -0.4 is 19.6 Å². The van der Waals surface area contributed by atoms with Crippen LogP contribution in [0.3, 0.4) is 0 Å². The van der Waals surface area contributed by atoms with Crippen molar-refractivity contribution in [3.8, 4) is 5.75 Å². The van der Waals surface area contributed by atoms with Crippen molar-refractivity contribution in [2.24, 2.45) is 4.99 Å². The lowest BCUT2D eigenvalue weighted by atomic mass is 9.99. The highest BCUT2D eigenvalue weighted by molar-refractivity contribution is 9.10. The highest BCUT2D eigenvalue weighted by Gasteiger charge is 2.34. The van der Waals surface area contributed by atoms with Crippen LogP contribution in [0, 0.1) is 5.82 Å². The molecule has 2 aromatic heterocycles. The van der Waals surface area contributed by atoms with Crippen molar-refractivity contribution >= 4 is 50.6 Å². The molecule has 0 aliphatic carbocycles. The summed E-state index contributed by atoms with van der Waals surface area (Å²) in [5.74, 6) is -0.105. The van der Waals surface area contributed by atoms with Gasteiger partial charge in [-0.1, -0.05) is 48.9 Å². The molecule has 1 aliphatic heterocycles. The Balaban J connectivity index is 1.52. The van der Waals surface area contributed by atoms with E-state index in [1.165, 1.54) is 34.8 Å². The van der Waals surface area contributed by atoms with Gasteiger partial charge >= 0.3 is 5.97 Å². The minimum atomic E-state index is -0.590. The second kappa shape index (κ2) is 12.4. The van der Waals surface area contributed by atoms with Gasteiger partial charge in [-0.25, -0.2) is 14.2 Å². The average molecular weight is 642 g/mol. The summed E-state index contributed by atoms with van der Waals surface area (Å²) in [6.07, 6.45) is 3.22. The van der Waals surface area contributed by atoms with Gasteiger partial charge < -0.3 is 9.47 Å². The zero-order valence-corrected chi connectivity index (χ0v) is 25.1. The zero-order chi connectivity index (χ0) is 28.2. The Morgan fingerprint density at radius 3 is 2.65 bits per heavy atom. The van der Waals surface area contributed by atoms with Crippen LogP contribution in [0.25, 0.3) is 6.08 Å². The number of thiazole rings is 1. The van der Waals surface area contributed by atoms with Crippen LogP contribution in [0.15, 0.2) is 85.5 Å². The maximum atomic E-state index is 13.8. The van der Waals surface area contributed by atoms with Crippen molar-refractivity contribution in [2.75, 3.05) is 6.61 Å². The van der Waals surface area contributed by atoms with Crippen LogP contribution in [0.2, 0.25) is 0 Å².